The molecule has 0 heterocycles. The Kier molecular flexibility index (Phi) is 4.12. The molecule has 1 unspecified atom stereocenters. The van der Waals surface area contributed by atoms with Crippen LogP contribution in [0.4, 0.5) is 0 Å². The van der Waals surface area contributed by atoms with Gasteiger partial charge in [0.1, 0.15) is 11.4 Å². The Hall–Kier alpha value is -1.55. The lowest BCUT2D eigenvalue weighted by atomic mass is 10.1. The number of hydrogen-bond acceptors (Lipinski definition) is 3. The van der Waals surface area contributed by atoms with Crippen molar-refractivity contribution >= 4 is 5.91 Å². The third kappa shape index (κ3) is 3.46. The van der Waals surface area contributed by atoms with Crippen molar-refractivity contribution in [2.24, 2.45) is 0 Å². The largest absolute Gasteiger partial charge is 0.508 e. The number of aromatic hydroxyl groups is 1. The molecule has 4 nitrogen and oxygen atoms in total. The maximum atomic E-state index is 11.9. The second kappa shape index (κ2) is 5.19. The molecule has 0 aliphatic heterocycles. The average Bonchev–Trinajstić information content (AvgIpc) is 2.28. The van der Waals surface area contributed by atoms with Gasteiger partial charge in [-0.15, -0.1) is 0 Å². The number of hydrogen-bond donors (Lipinski definition) is 2. The Balaban J connectivity index is 2.73. The van der Waals surface area contributed by atoms with Crippen LogP contribution in [0.3, 0.4) is 0 Å². The number of nitrogens with one attached hydrogen (secondary N) is 1. The van der Waals surface area contributed by atoms with Crippen LogP contribution in [0.1, 0.15) is 32.4 Å². The number of benzene rings is 1. The normalized spacial score (nSPS) is 13.2. The zero-order valence-corrected chi connectivity index (χ0v) is 10.7. The van der Waals surface area contributed by atoms with Gasteiger partial charge in [0, 0.05) is 7.11 Å². The molecule has 0 saturated heterocycles. The highest BCUT2D eigenvalue weighted by Crippen LogP contribution is 2.19. The first kappa shape index (κ1) is 13.5. The molecule has 1 aromatic carbocycles. The van der Waals surface area contributed by atoms with E-state index in [1.807, 2.05) is 13.0 Å². The van der Waals surface area contributed by atoms with Crippen LogP contribution >= 0.6 is 0 Å². The van der Waals surface area contributed by atoms with E-state index >= 15 is 0 Å². The van der Waals surface area contributed by atoms with E-state index in [1.165, 1.54) is 7.11 Å². The molecule has 94 valence electrons. The van der Waals surface area contributed by atoms with Crippen LogP contribution < -0.4 is 5.32 Å². The van der Waals surface area contributed by atoms with Gasteiger partial charge in [-0.3, -0.25) is 4.79 Å². The summed E-state index contributed by atoms with van der Waals surface area (Å²) in [6, 6.07) is 6.64. The molecule has 0 aliphatic rings. The third-order valence-corrected chi connectivity index (χ3v) is 2.77. The predicted octanol–water partition coefficient (Wildman–Crippen LogP) is 1.99. The molecule has 0 radical (unpaired) electrons. The van der Waals surface area contributed by atoms with Gasteiger partial charge < -0.3 is 15.2 Å². The number of phenolic OH excluding ortho intramolecular Hbond substituents is 1. The Morgan fingerprint density at radius 1 is 1.47 bits per heavy atom. The van der Waals surface area contributed by atoms with Gasteiger partial charge >= 0.3 is 0 Å². The highest BCUT2D eigenvalue weighted by Gasteiger charge is 2.28. The summed E-state index contributed by atoms with van der Waals surface area (Å²) in [7, 11) is 1.50. The SMILES string of the molecule is COC(C)(C)C(=O)NC(C)c1cccc(O)c1. The summed E-state index contributed by atoms with van der Waals surface area (Å²) in [5, 5.41) is 12.2. The van der Waals surface area contributed by atoms with Crippen LogP contribution in [-0.2, 0) is 9.53 Å². The smallest absolute Gasteiger partial charge is 0.252 e. The summed E-state index contributed by atoms with van der Waals surface area (Å²) >= 11 is 0. The number of ether oxygens (including phenoxy) is 1. The molecule has 0 aliphatic carbocycles. The zero-order chi connectivity index (χ0) is 13.1. The van der Waals surface area contributed by atoms with Gasteiger partial charge in [-0.25, -0.2) is 0 Å². The van der Waals surface area contributed by atoms with Gasteiger partial charge in [0.2, 0.25) is 0 Å². The minimum atomic E-state index is -0.856. The molecule has 0 fully saturated rings. The summed E-state index contributed by atoms with van der Waals surface area (Å²) in [6.45, 7) is 5.27. The molecule has 1 atom stereocenters. The van der Waals surface area contributed by atoms with Gasteiger partial charge in [0.15, 0.2) is 0 Å². The fourth-order valence-corrected chi connectivity index (χ4v) is 1.34. The first-order valence-corrected chi connectivity index (χ1v) is 5.52. The van der Waals surface area contributed by atoms with Crippen molar-refractivity contribution in [3.05, 3.63) is 29.8 Å². The highest BCUT2D eigenvalue weighted by atomic mass is 16.5. The average molecular weight is 237 g/mol. The molecule has 1 rings (SSSR count). The van der Waals surface area contributed by atoms with Crippen LogP contribution in [-0.4, -0.2) is 23.7 Å². The van der Waals surface area contributed by atoms with Gasteiger partial charge in [0.05, 0.1) is 6.04 Å². The second-order valence-electron chi connectivity index (χ2n) is 4.50. The van der Waals surface area contributed by atoms with Crippen molar-refractivity contribution in [3.8, 4) is 5.75 Å². The number of carbonyl (C=O) groups is 1. The first-order chi connectivity index (χ1) is 7.86. The van der Waals surface area contributed by atoms with E-state index in [-0.39, 0.29) is 17.7 Å². The fourth-order valence-electron chi connectivity index (χ4n) is 1.34. The lowest BCUT2D eigenvalue weighted by Gasteiger charge is -2.24. The third-order valence-electron chi connectivity index (χ3n) is 2.77. The second-order valence-corrected chi connectivity index (χ2v) is 4.50. The number of rotatable bonds is 4. The molecule has 0 spiro atoms. The number of carbonyl (C=O) groups excluding carboxylic acids is 1. The molecule has 0 aromatic heterocycles. The van der Waals surface area contributed by atoms with Crippen molar-refractivity contribution in [1.29, 1.82) is 0 Å². The predicted molar refractivity (Wildman–Crippen MR) is 65.8 cm³/mol. The van der Waals surface area contributed by atoms with Crippen LogP contribution in [0, 0.1) is 0 Å². The summed E-state index contributed by atoms with van der Waals surface area (Å²) in [6.07, 6.45) is 0. The zero-order valence-electron chi connectivity index (χ0n) is 10.7. The lowest BCUT2D eigenvalue weighted by molar-refractivity contribution is -0.140. The van der Waals surface area contributed by atoms with Gasteiger partial charge in [-0.2, -0.15) is 0 Å². The standard InChI is InChI=1S/C13H19NO3/c1-9(10-6-5-7-11(15)8-10)14-12(16)13(2,3)17-4/h5-9,15H,1-4H3,(H,14,16). The van der Waals surface area contributed by atoms with E-state index in [9.17, 15) is 9.90 Å². The molecular formula is C13H19NO3. The van der Waals surface area contributed by atoms with Crippen LogP contribution in [0.15, 0.2) is 24.3 Å². The van der Waals surface area contributed by atoms with Crippen molar-refractivity contribution in [3.63, 3.8) is 0 Å². The number of methoxy groups -OCH3 is 1. The van der Waals surface area contributed by atoms with E-state index in [0.717, 1.165) is 5.56 Å². The van der Waals surface area contributed by atoms with Crippen LogP contribution in [0.2, 0.25) is 0 Å². The topological polar surface area (TPSA) is 58.6 Å². The van der Waals surface area contributed by atoms with E-state index in [4.69, 9.17) is 4.74 Å². The Morgan fingerprint density at radius 3 is 2.65 bits per heavy atom. The molecule has 17 heavy (non-hydrogen) atoms. The Bertz CT molecular complexity index is 401. The number of phenols is 1. The molecule has 1 amide bonds. The van der Waals surface area contributed by atoms with Crippen molar-refractivity contribution in [2.75, 3.05) is 7.11 Å². The van der Waals surface area contributed by atoms with Gasteiger partial charge in [-0.1, -0.05) is 12.1 Å². The maximum Gasteiger partial charge on any atom is 0.252 e. The number of amides is 1. The molecule has 1 aromatic rings. The van der Waals surface area contributed by atoms with Gasteiger partial charge in [0.25, 0.3) is 5.91 Å². The molecule has 2 N–H and O–H groups in total. The van der Waals surface area contributed by atoms with E-state index < -0.39 is 5.60 Å². The summed E-state index contributed by atoms with van der Waals surface area (Å²) in [5.41, 5.74) is -0.00398. The van der Waals surface area contributed by atoms with E-state index in [0.29, 0.717) is 0 Å². The first-order valence-electron chi connectivity index (χ1n) is 5.52. The van der Waals surface area contributed by atoms with Crippen molar-refractivity contribution in [1.82, 2.24) is 5.32 Å². The lowest BCUT2D eigenvalue weighted by Crippen LogP contribution is -2.44. The van der Waals surface area contributed by atoms with Crippen molar-refractivity contribution in [2.45, 2.75) is 32.4 Å². The van der Waals surface area contributed by atoms with Crippen molar-refractivity contribution < 1.29 is 14.6 Å². The molecule has 0 saturated carbocycles. The van der Waals surface area contributed by atoms with E-state index in [1.54, 1.807) is 32.0 Å². The minimum absolute atomic E-state index is 0.177. The molecule has 0 bridgehead atoms. The van der Waals surface area contributed by atoms with Crippen LogP contribution in [0.5, 0.6) is 5.75 Å². The maximum absolute atomic E-state index is 11.9. The highest BCUT2D eigenvalue weighted by molar-refractivity contribution is 5.84. The van der Waals surface area contributed by atoms with Crippen LogP contribution in [0.25, 0.3) is 0 Å². The minimum Gasteiger partial charge on any atom is -0.508 e. The van der Waals surface area contributed by atoms with Gasteiger partial charge in [-0.05, 0) is 38.5 Å². The summed E-state index contributed by atoms with van der Waals surface area (Å²) in [5.74, 6) is 0.00504. The Morgan fingerprint density at radius 2 is 2.12 bits per heavy atom. The van der Waals surface area contributed by atoms with E-state index in [2.05, 4.69) is 5.32 Å². The fraction of sp³-hybridized carbons (Fsp3) is 0.462. The molecule has 4 heteroatoms. The molecular weight excluding hydrogens is 218 g/mol. The monoisotopic (exact) mass is 237 g/mol. The summed E-state index contributed by atoms with van der Waals surface area (Å²) in [4.78, 5) is 11.9. The summed E-state index contributed by atoms with van der Waals surface area (Å²) < 4.78 is 5.10. The quantitative estimate of drug-likeness (QED) is 0.842. The Labute approximate surface area is 102 Å².